The van der Waals surface area contributed by atoms with Gasteiger partial charge in [-0.2, -0.15) is 0 Å². The molecule has 2 rings (SSSR count). The molecular weight excluding hydrogens is 174 g/mol. The smallest absolute Gasteiger partial charge is 0.126 e. The molecule has 1 N–H and O–H groups in total. The van der Waals surface area contributed by atoms with E-state index in [2.05, 4.69) is 0 Å². The fraction of sp³-hybridized carbons (Fsp3) is 0.0833. The second-order valence-corrected chi connectivity index (χ2v) is 3.05. The minimum atomic E-state index is 0.853. The van der Waals surface area contributed by atoms with E-state index in [0.717, 1.165) is 22.1 Å². The van der Waals surface area contributed by atoms with Crippen molar-refractivity contribution < 1.29 is 4.74 Å². The lowest BCUT2D eigenvalue weighted by Gasteiger charge is -2.06. The zero-order valence-corrected chi connectivity index (χ0v) is 7.95. The predicted molar refractivity (Wildman–Crippen MR) is 58.4 cm³/mol. The zero-order chi connectivity index (χ0) is 9.97. The molecule has 0 heterocycles. The molecule has 0 saturated carbocycles. The van der Waals surface area contributed by atoms with Crippen LogP contribution < -0.4 is 4.74 Å². The lowest BCUT2D eigenvalue weighted by atomic mass is 10.0. The summed E-state index contributed by atoms with van der Waals surface area (Å²) >= 11 is 0. The fourth-order valence-electron chi connectivity index (χ4n) is 1.60. The number of rotatable bonds is 2. The van der Waals surface area contributed by atoms with Crippen molar-refractivity contribution in [2.75, 3.05) is 7.11 Å². The van der Waals surface area contributed by atoms with Crippen molar-refractivity contribution in [1.29, 1.82) is 5.41 Å². The van der Waals surface area contributed by atoms with E-state index < -0.39 is 0 Å². The number of fused-ring (bicyclic) bond motifs is 1. The van der Waals surface area contributed by atoms with Crippen LogP contribution in [0.1, 0.15) is 5.56 Å². The highest BCUT2D eigenvalue weighted by atomic mass is 16.5. The monoisotopic (exact) mass is 185 g/mol. The highest BCUT2D eigenvalue weighted by molar-refractivity contribution is 6.01. The molecule has 0 aromatic heterocycles. The SMILES string of the molecule is COc1ccc(C=N)c2ccccc12. The number of nitrogens with one attached hydrogen (secondary N) is 1. The summed E-state index contributed by atoms with van der Waals surface area (Å²) in [4.78, 5) is 0. The number of hydrogen-bond acceptors (Lipinski definition) is 2. The first kappa shape index (κ1) is 8.75. The van der Waals surface area contributed by atoms with Crippen molar-refractivity contribution in [2.24, 2.45) is 0 Å². The van der Waals surface area contributed by atoms with Crippen molar-refractivity contribution in [3.8, 4) is 5.75 Å². The Kier molecular flexibility index (Phi) is 2.19. The standard InChI is InChI=1S/C12H11NO/c1-14-12-7-6-9(8-13)10-4-2-3-5-11(10)12/h2-8,13H,1H3. The molecule has 70 valence electrons. The van der Waals surface area contributed by atoms with Crippen LogP contribution in [0.15, 0.2) is 36.4 Å². The molecular formula is C12H11NO. The van der Waals surface area contributed by atoms with E-state index in [-0.39, 0.29) is 0 Å². The van der Waals surface area contributed by atoms with E-state index >= 15 is 0 Å². The molecule has 0 aliphatic carbocycles. The first-order valence-corrected chi connectivity index (χ1v) is 4.43. The summed E-state index contributed by atoms with van der Waals surface area (Å²) in [6.45, 7) is 0. The van der Waals surface area contributed by atoms with Gasteiger partial charge in [0.2, 0.25) is 0 Å². The van der Waals surface area contributed by atoms with E-state index in [1.807, 2.05) is 36.4 Å². The van der Waals surface area contributed by atoms with Gasteiger partial charge < -0.3 is 10.1 Å². The van der Waals surface area contributed by atoms with Crippen molar-refractivity contribution >= 4 is 17.0 Å². The quantitative estimate of drug-likeness (QED) is 0.717. The van der Waals surface area contributed by atoms with Crippen LogP contribution in [0.25, 0.3) is 10.8 Å². The largest absolute Gasteiger partial charge is 0.496 e. The van der Waals surface area contributed by atoms with Gasteiger partial charge in [0.1, 0.15) is 5.75 Å². The molecule has 0 aliphatic heterocycles. The Morgan fingerprint density at radius 3 is 2.43 bits per heavy atom. The molecule has 2 heteroatoms. The maximum Gasteiger partial charge on any atom is 0.126 e. The third kappa shape index (κ3) is 1.25. The molecule has 2 nitrogen and oxygen atoms in total. The predicted octanol–water partition coefficient (Wildman–Crippen LogP) is 2.85. The Bertz CT molecular complexity index is 477. The van der Waals surface area contributed by atoms with E-state index in [1.165, 1.54) is 6.21 Å². The van der Waals surface area contributed by atoms with Gasteiger partial charge in [-0.3, -0.25) is 0 Å². The van der Waals surface area contributed by atoms with Gasteiger partial charge in [0.05, 0.1) is 7.11 Å². The highest BCUT2D eigenvalue weighted by Gasteiger charge is 2.02. The molecule has 0 unspecified atom stereocenters. The summed E-state index contributed by atoms with van der Waals surface area (Å²) in [5.41, 5.74) is 0.918. The van der Waals surface area contributed by atoms with Crippen LogP contribution in [-0.2, 0) is 0 Å². The van der Waals surface area contributed by atoms with Crippen LogP contribution in [-0.4, -0.2) is 13.3 Å². The molecule has 0 aliphatic rings. The summed E-state index contributed by atoms with van der Waals surface area (Å²) in [6, 6.07) is 11.7. The van der Waals surface area contributed by atoms with Gasteiger partial charge in [-0.05, 0) is 17.5 Å². The minimum Gasteiger partial charge on any atom is -0.496 e. The Hall–Kier alpha value is -1.83. The van der Waals surface area contributed by atoms with E-state index in [0.29, 0.717) is 0 Å². The maximum absolute atomic E-state index is 7.29. The van der Waals surface area contributed by atoms with Crippen LogP contribution in [0.4, 0.5) is 0 Å². The first-order valence-electron chi connectivity index (χ1n) is 4.43. The van der Waals surface area contributed by atoms with Gasteiger partial charge in [0.25, 0.3) is 0 Å². The summed E-state index contributed by atoms with van der Waals surface area (Å²) in [6.07, 6.45) is 1.36. The maximum atomic E-state index is 7.29. The molecule has 0 atom stereocenters. The van der Waals surface area contributed by atoms with Crippen LogP contribution in [0.2, 0.25) is 0 Å². The second kappa shape index (κ2) is 3.50. The summed E-state index contributed by atoms with van der Waals surface area (Å²) in [5.74, 6) is 0.853. The Morgan fingerprint density at radius 1 is 1.07 bits per heavy atom. The minimum absolute atomic E-state index is 0.853. The third-order valence-corrected chi connectivity index (χ3v) is 2.29. The average molecular weight is 185 g/mol. The van der Waals surface area contributed by atoms with E-state index in [9.17, 15) is 0 Å². The second-order valence-electron chi connectivity index (χ2n) is 3.05. The average Bonchev–Trinajstić information content (AvgIpc) is 2.27. The number of methoxy groups -OCH3 is 1. The number of hydrogen-bond donors (Lipinski definition) is 1. The highest BCUT2D eigenvalue weighted by Crippen LogP contribution is 2.27. The first-order chi connectivity index (χ1) is 6.86. The van der Waals surface area contributed by atoms with Crippen LogP contribution >= 0.6 is 0 Å². The molecule has 2 aromatic carbocycles. The van der Waals surface area contributed by atoms with Gasteiger partial charge in [0, 0.05) is 17.2 Å². The molecule has 0 saturated heterocycles. The van der Waals surface area contributed by atoms with Gasteiger partial charge in [-0.15, -0.1) is 0 Å². The topological polar surface area (TPSA) is 33.1 Å². The Labute approximate surface area is 82.6 Å². The lowest BCUT2D eigenvalue weighted by Crippen LogP contribution is -1.88. The van der Waals surface area contributed by atoms with Gasteiger partial charge in [-0.1, -0.05) is 24.3 Å². The molecule has 0 radical (unpaired) electrons. The van der Waals surface area contributed by atoms with Crippen LogP contribution in [0, 0.1) is 5.41 Å². The number of benzene rings is 2. The van der Waals surface area contributed by atoms with Gasteiger partial charge in [-0.25, -0.2) is 0 Å². The normalized spacial score (nSPS) is 10.1. The third-order valence-electron chi connectivity index (χ3n) is 2.29. The van der Waals surface area contributed by atoms with Gasteiger partial charge in [0.15, 0.2) is 0 Å². The summed E-state index contributed by atoms with van der Waals surface area (Å²) in [5, 5.41) is 9.40. The lowest BCUT2D eigenvalue weighted by molar-refractivity contribution is 0.420. The molecule has 0 bridgehead atoms. The van der Waals surface area contributed by atoms with Crippen molar-refractivity contribution in [1.82, 2.24) is 0 Å². The van der Waals surface area contributed by atoms with Crippen molar-refractivity contribution in [3.63, 3.8) is 0 Å². The van der Waals surface area contributed by atoms with Crippen LogP contribution in [0.3, 0.4) is 0 Å². The van der Waals surface area contributed by atoms with E-state index in [4.69, 9.17) is 10.1 Å². The molecule has 14 heavy (non-hydrogen) atoms. The van der Waals surface area contributed by atoms with Crippen LogP contribution in [0.5, 0.6) is 5.75 Å². The summed E-state index contributed by atoms with van der Waals surface area (Å²) in [7, 11) is 1.66. The zero-order valence-electron chi connectivity index (χ0n) is 7.95. The Morgan fingerprint density at radius 2 is 1.79 bits per heavy atom. The van der Waals surface area contributed by atoms with E-state index in [1.54, 1.807) is 7.11 Å². The molecule has 0 fully saturated rings. The van der Waals surface area contributed by atoms with Gasteiger partial charge >= 0.3 is 0 Å². The number of ether oxygens (including phenoxy) is 1. The van der Waals surface area contributed by atoms with Crippen molar-refractivity contribution in [3.05, 3.63) is 42.0 Å². The molecule has 0 spiro atoms. The Balaban J connectivity index is 2.84. The summed E-state index contributed by atoms with van der Waals surface area (Å²) < 4.78 is 5.25. The molecule has 0 amide bonds. The van der Waals surface area contributed by atoms with Crippen molar-refractivity contribution in [2.45, 2.75) is 0 Å². The fourth-order valence-corrected chi connectivity index (χ4v) is 1.60. The molecule has 2 aromatic rings.